The molecule has 2 rings (SSSR count). The van der Waals surface area contributed by atoms with Gasteiger partial charge >= 0.3 is 0 Å². The number of hydrogen-bond acceptors (Lipinski definition) is 3. The first kappa shape index (κ1) is 12.9. The fourth-order valence-corrected chi connectivity index (χ4v) is 2.17. The number of nitrogens with zero attached hydrogens (tertiary/aromatic N) is 1. The molecule has 1 aliphatic carbocycles. The molecule has 1 atom stereocenters. The first-order valence-corrected chi connectivity index (χ1v) is 6.37. The van der Waals surface area contributed by atoms with Crippen LogP contribution in [0.4, 0.5) is 5.82 Å². The van der Waals surface area contributed by atoms with E-state index >= 15 is 0 Å². The maximum absolute atomic E-state index is 12.0. The summed E-state index contributed by atoms with van der Waals surface area (Å²) >= 11 is 0. The van der Waals surface area contributed by atoms with Crippen LogP contribution in [0, 0.1) is 18.3 Å². The molecular formula is C14H21N3O. The Morgan fingerprint density at radius 3 is 2.72 bits per heavy atom. The Hall–Kier alpha value is -1.58. The van der Waals surface area contributed by atoms with Crippen LogP contribution in [0.1, 0.15) is 36.3 Å². The molecule has 0 saturated heterocycles. The van der Waals surface area contributed by atoms with Gasteiger partial charge in [0.2, 0.25) is 0 Å². The molecule has 1 aliphatic rings. The summed E-state index contributed by atoms with van der Waals surface area (Å²) in [4.78, 5) is 16.3. The molecule has 2 N–H and O–H groups in total. The van der Waals surface area contributed by atoms with Gasteiger partial charge in [-0.25, -0.2) is 4.98 Å². The second kappa shape index (κ2) is 4.59. The molecule has 0 aliphatic heterocycles. The van der Waals surface area contributed by atoms with Crippen molar-refractivity contribution in [2.24, 2.45) is 11.3 Å². The third-order valence-electron chi connectivity index (χ3n) is 3.70. The summed E-state index contributed by atoms with van der Waals surface area (Å²) in [7, 11) is 1.80. The van der Waals surface area contributed by atoms with Crippen molar-refractivity contribution < 1.29 is 4.79 Å². The Kier molecular flexibility index (Phi) is 3.28. The number of pyridine rings is 1. The molecule has 1 aromatic rings. The molecule has 1 saturated carbocycles. The zero-order valence-corrected chi connectivity index (χ0v) is 11.5. The maximum Gasteiger partial charge on any atom is 0.251 e. The van der Waals surface area contributed by atoms with Gasteiger partial charge in [0, 0.05) is 24.8 Å². The Morgan fingerprint density at radius 1 is 1.50 bits per heavy atom. The van der Waals surface area contributed by atoms with Crippen molar-refractivity contribution >= 4 is 11.7 Å². The summed E-state index contributed by atoms with van der Waals surface area (Å²) in [6, 6.07) is 3.59. The summed E-state index contributed by atoms with van der Waals surface area (Å²) in [5, 5.41) is 5.96. The van der Waals surface area contributed by atoms with E-state index in [1.807, 2.05) is 13.0 Å². The molecule has 18 heavy (non-hydrogen) atoms. The lowest BCUT2D eigenvalue weighted by Crippen LogP contribution is -2.26. The Bertz CT molecular complexity index is 468. The first-order valence-electron chi connectivity index (χ1n) is 6.37. The van der Waals surface area contributed by atoms with Crippen molar-refractivity contribution in [2.45, 2.75) is 27.2 Å². The monoisotopic (exact) mass is 247 g/mol. The summed E-state index contributed by atoms with van der Waals surface area (Å²) in [6.07, 6.45) is 1.20. The van der Waals surface area contributed by atoms with E-state index in [4.69, 9.17) is 0 Å². The van der Waals surface area contributed by atoms with Crippen molar-refractivity contribution in [3.63, 3.8) is 0 Å². The van der Waals surface area contributed by atoms with Crippen LogP contribution in [0.15, 0.2) is 12.1 Å². The summed E-state index contributed by atoms with van der Waals surface area (Å²) < 4.78 is 0. The van der Waals surface area contributed by atoms with Crippen molar-refractivity contribution in [3.8, 4) is 0 Å². The molecule has 1 amide bonds. The van der Waals surface area contributed by atoms with E-state index in [1.54, 1.807) is 13.1 Å². The highest BCUT2D eigenvalue weighted by atomic mass is 16.1. The molecule has 98 valence electrons. The predicted octanol–water partition coefficient (Wildman–Crippen LogP) is 2.21. The van der Waals surface area contributed by atoms with Gasteiger partial charge < -0.3 is 10.6 Å². The second-order valence-electron chi connectivity index (χ2n) is 5.73. The average Bonchev–Trinajstić information content (AvgIpc) is 2.93. The molecule has 4 nitrogen and oxygen atoms in total. The highest BCUT2D eigenvalue weighted by Crippen LogP contribution is 2.50. The van der Waals surface area contributed by atoms with E-state index in [0.29, 0.717) is 16.9 Å². The topological polar surface area (TPSA) is 54.0 Å². The Balaban J connectivity index is 1.98. The molecule has 1 unspecified atom stereocenters. The summed E-state index contributed by atoms with van der Waals surface area (Å²) in [5.74, 6) is 1.33. The normalized spacial score (nSPS) is 20.3. The van der Waals surface area contributed by atoms with Gasteiger partial charge in [0.15, 0.2) is 0 Å². The molecule has 1 aromatic heterocycles. The van der Waals surface area contributed by atoms with Crippen LogP contribution in [0.5, 0.6) is 0 Å². The van der Waals surface area contributed by atoms with Crippen LogP contribution in [0.25, 0.3) is 0 Å². The SMILES string of the molecule is CNc1cc(C(=O)NCC2CC2(C)C)cc(C)n1. The third kappa shape index (κ3) is 2.81. The minimum absolute atomic E-state index is 0.0142. The lowest BCUT2D eigenvalue weighted by atomic mass is 10.1. The number of nitrogens with one attached hydrogen (secondary N) is 2. The number of amides is 1. The molecule has 0 bridgehead atoms. The van der Waals surface area contributed by atoms with Gasteiger partial charge in [-0.15, -0.1) is 0 Å². The van der Waals surface area contributed by atoms with Gasteiger partial charge in [0.1, 0.15) is 5.82 Å². The number of carbonyl (C=O) groups excluding carboxylic acids is 1. The van der Waals surface area contributed by atoms with E-state index in [1.165, 1.54) is 6.42 Å². The number of rotatable bonds is 4. The first-order chi connectivity index (χ1) is 8.42. The molecule has 0 spiro atoms. The summed E-state index contributed by atoms with van der Waals surface area (Å²) in [5.41, 5.74) is 1.92. The zero-order valence-electron chi connectivity index (χ0n) is 11.5. The number of anilines is 1. The van der Waals surface area contributed by atoms with Crippen LogP contribution in [0.3, 0.4) is 0 Å². The fourth-order valence-electron chi connectivity index (χ4n) is 2.17. The standard InChI is InChI=1S/C14H21N3O/c1-9-5-10(6-12(15-4)17-9)13(18)16-8-11-7-14(11,2)3/h5-6,11H,7-8H2,1-4H3,(H,15,17)(H,16,18). The number of aryl methyl sites for hydroxylation is 1. The predicted molar refractivity (Wildman–Crippen MR) is 72.7 cm³/mol. The number of carbonyl (C=O) groups is 1. The van der Waals surface area contributed by atoms with Gasteiger partial charge in [-0.3, -0.25) is 4.79 Å². The largest absolute Gasteiger partial charge is 0.373 e. The number of hydrogen-bond donors (Lipinski definition) is 2. The van der Waals surface area contributed by atoms with Gasteiger partial charge in [-0.2, -0.15) is 0 Å². The molecule has 4 heteroatoms. The van der Waals surface area contributed by atoms with Crippen molar-refractivity contribution in [3.05, 3.63) is 23.4 Å². The highest BCUT2D eigenvalue weighted by molar-refractivity contribution is 5.95. The average molecular weight is 247 g/mol. The molecule has 1 heterocycles. The van der Waals surface area contributed by atoms with Gasteiger partial charge in [0.25, 0.3) is 5.91 Å². The molecule has 0 aromatic carbocycles. The second-order valence-corrected chi connectivity index (χ2v) is 5.73. The van der Waals surface area contributed by atoms with E-state index in [-0.39, 0.29) is 5.91 Å². The molecule has 1 fully saturated rings. The van der Waals surface area contributed by atoms with Crippen LogP contribution in [0.2, 0.25) is 0 Å². The molecular weight excluding hydrogens is 226 g/mol. The van der Waals surface area contributed by atoms with E-state index < -0.39 is 0 Å². The van der Waals surface area contributed by atoms with Crippen LogP contribution in [-0.4, -0.2) is 24.5 Å². The third-order valence-corrected chi connectivity index (χ3v) is 3.70. The van der Waals surface area contributed by atoms with Gasteiger partial charge in [-0.1, -0.05) is 13.8 Å². The van der Waals surface area contributed by atoms with Crippen molar-refractivity contribution in [1.82, 2.24) is 10.3 Å². The minimum atomic E-state index is -0.0142. The van der Waals surface area contributed by atoms with Crippen molar-refractivity contribution in [1.29, 1.82) is 0 Å². The lowest BCUT2D eigenvalue weighted by Gasteiger charge is -2.08. The van der Waals surface area contributed by atoms with Gasteiger partial charge in [-0.05, 0) is 36.8 Å². The summed E-state index contributed by atoms with van der Waals surface area (Å²) in [6.45, 7) is 7.13. The number of aromatic nitrogens is 1. The minimum Gasteiger partial charge on any atom is -0.373 e. The van der Waals surface area contributed by atoms with Gasteiger partial charge in [0.05, 0.1) is 0 Å². The smallest absolute Gasteiger partial charge is 0.251 e. The highest BCUT2D eigenvalue weighted by Gasteiger charge is 2.45. The molecule has 0 radical (unpaired) electrons. The van der Waals surface area contributed by atoms with E-state index in [2.05, 4.69) is 29.5 Å². The van der Waals surface area contributed by atoms with Crippen LogP contribution < -0.4 is 10.6 Å². The van der Waals surface area contributed by atoms with Crippen LogP contribution in [-0.2, 0) is 0 Å². The fraction of sp³-hybridized carbons (Fsp3) is 0.571. The maximum atomic E-state index is 12.0. The van der Waals surface area contributed by atoms with Crippen molar-refractivity contribution in [2.75, 3.05) is 18.9 Å². The van der Waals surface area contributed by atoms with E-state index in [0.717, 1.165) is 18.1 Å². The Morgan fingerprint density at radius 2 is 2.17 bits per heavy atom. The van der Waals surface area contributed by atoms with Crippen LogP contribution >= 0.6 is 0 Å². The zero-order chi connectivity index (χ0) is 13.3. The quantitative estimate of drug-likeness (QED) is 0.857. The van der Waals surface area contributed by atoms with E-state index in [9.17, 15) is 4.79 Å². The Labute approximate surface area is 108 Å². The lowest BCUT2D eigenvalue weighted by molar-refractivity contribution is 0.0950.